The van der Waals surface area contributed by atoms with Gasteiger partial charge in [0, 0.05) is 6.20 Å². The van der Waals surface area contributed by atoms with Crippen LogP contribution in [0.25, 0.3) is 11.0 Å². The van der Waals surface area contributed by atoms with Crippen molar-refractivity contribution in [1.82, 2.24) is 24.8 Å². The van der Waals surface area contributed by atoms with E-state index in [2.05, 4.69) is 20.7 Å². The largest absolute Gasteiger partial charge is 0.306 e. The first-order chi connectivity index (χ1) is 12.7. The smallest absolute Gasteiger partial charge is 0.247 e. The van der Waals surface area contributed by atoms with E-state index in [1.54, 1.807) is 15.6 Å². The van der Waals surface area contributed by atoms with E-state index in [0.717, 1.165) is 16.6 Å². The van der Waals surface area contributed by atoms with Crippen LogP contribution in [0.2, 0.25) is 5.02 Å². The number of fused-ring (bicyclic) bond motifs is 1. The van der Waals surface area contributed by atoms with Crippen molar-refractivity contribution in [1.29, 1.82) is 0 Å². The molecule has 2 heterocycles. The lowest BCUT2D eigenvalue weighted by Crippen LogP contribution is -2.20. The molecule has 0 bridgehead atoms. The highest BCUT2D eigenvalue weighted by atomic mass is 35.5. The number of rotatable bonds is 5. The van der Waals surface area contributed by atoms with Crippen LogP contribution in [0.15, 0.2) is 60.8 Å². The highest BCUT2D eigenvalue weighted by Crippen LogP contribution is 2.20. The normalized spacial score (nSPS) is 11.0. The zero-order valence-corrected chi connectivity index (χ0v) is 14.5. The van der Waals surface area contributed by atoms with Crippen LogP contribution in [0.4, 0.5) is 5.82 Å². The molecule has 1 N–H and O–H groups in total. The van der Waals surface area contributed by atoms with Gasteiger partial charge in [-0.25, -0.2) is 4.68 Å². The van der Waals surface area contributed by atoms with Crippen LogP contribution in [0.1, 0.15) is 5.56 Å². The summed E-state index contributed by atoms with van der Waals surface area (Å²) in [5, 5.41) is 15.5. The Bertz CT molecular complexity index is 1060. The van der Waals surface area contributed by atoms with Crippen LogP contribution in [0, 0.1) is 0 Å². The Morgan fingerprint density at radius 3 is 2.69 bits per heavy atom. The predicted octanol–water partition coefficient (Wildman–Crippen LogP) is 2.97. The molecular weight excluding hydrogens is 352 g/mol. The van der Waals surface area contributed by atoms with E-state index in [0.29, 0.717) is 17.4 Å². The molecule has 0 fully saturated rings. The molecule has 0 atom stereocenters. The predicted molar refractivity (Wildman–Crippen MR) is 98.9 cm³/mol. The van der Waals surface area contributed by atoms with Gasteiger partial charge in [-0.05, 0) is 17.7 Å². The molecule has 0 unspecified atom stereocenters. The zero-order valence-electron chi connectivity index (χ0n) is 13.7. The second-order valence-electron chi connectivity index (χ2n) is 5.79. The SMILES string of the molecule is O=C(Cn1nnc2ccccc21)Nc1nn(Cc2ccccc2)cc1Cl. The lowest BCUT2D eigenvalue weighted by molar-refractivity contribution is -0.116. The van der Waals surface area contributed by atoms with Crippen molar-refractivity contribution in [2.45, 2.75) is 13.1 Å². The van der Waals surface area contributed by atoms with Gasteiger partial charge < -0.3 is 5.32 Å². The van der Waals surface area contributed by atoms with Gasteiger partial charge in [0.15, 0.2) is 5.82 Å². The van der Waals surface area contributed by atoms with Crippen molar-refractivity contribution >= 4 is 34.4 Å². The molecule has 0 aliphatic carbocycles. The van der Waals surface area contributed by atoms with Gasteiger partial charge in [0.05, 0.1) is 12.1 Å². The molecule has 0 spiro atoms. The van der Waals surface area contributed by atoms with Crippen LogP contribution >= 0.6 is 11.6 Å². The molecule has 0 aliphatic heterocycles. The van der Waals surface area contributed by atoms with E-state index in [-0.39, 0.29) is 12.5 Å². The average molecular weight is 367 g/mol. The van der Waals surface area contributed by atoms with E-state index in [9.17, 15) is 4.79 Å². The Morgan fingerprint density at radius 2 is 1.85 bits per heavy atom. The molecule has 8 heteroatoms. The van der Waals surface area contributed by atoms with Crippen molar-refractivity contribution in [3.63, 3.8) is 0 Å². The van der Waals surface area contributed by atoms with Crippen molar-refractivity contribution in [2.75, 3.05) is 5.32 Å². The molecule has 2 aromatic heterocycles. The second-order valence-corrected chi connectivity index (χ2v) is 6.20. The summed E-state index contributed by atoms with van der Waals surface area (Å²) in [6, 6.07) is 17.4. The van der Waals surface area contributed by atoms with E-state index >= 15 is 0 Å². The van der Waals surface area contributed by atoms with Gasteiger partial charge in [-0.1, -0.05) is 59.3 Å². The quantitative estimate of drug-likeness (QED) is 0.589. The number of nitrogens with zero attached hydrogens (tertiary/aromatic N) is 5. The molecule has 7 nitrogen and oxygen atoms in total. The first-order valence-corrected chi connectivity index (χ1v) is 8.42. The molecule has 130 valence electrons. The fourth-order valence-corrected chi connectivity index (χ4v) is 2.87. The number of hydrogen-bond donors (Lipinski definition) is 1. The zero-order chi connectivity index (χ0) is 17.9. The molecule has 1 amide bonds. The number of anilines is 1. The number of carbonyl (C=O) groups excluding carboxylic acids is 1. The summed E-state index contributed by atoms with van der Waals surface area (Å²) in [5.74, 6) is 0.0598. The van der Waals surface area contributed by atoms with Crippen LogP contribution in [0.5, 0.6) is 0 Å². The second kappa shape index (κ2) is 6.97. The maximum Gasteiger partial charge on any atom is 0.247 e. The number of para-hydroxylation sites is 1. The molecule has 0 aliphatic rings. The summed E-state index contributed by atoms with van der Waals surface area (Å²) in [6.07, 6.45) is 1.69. The summed E-state index contributed by atoms with van der Waals surface area (Å²) in [5.41, 5.74) is 2.63. The number of hydrogen-bond acceptors (Lipinski definition) is 4. The third-order valence-corrected chi connectivity index (χ3v) is 4.15. The lowest BCUT2D eigenvalue weighted by atomic mass is 10.2. The summed E-state index contributed by atoms with van der Waals surface area (Å²) in [4.78, 5) is 12.3. The minimum Gasteiger partial charge on any atom is -0.306 e. The van der Waals surface area contributed by atoms with Crippen LogP contribution in [-0.2, 0) is 17.9 Å². The van der Waals surface area contributed by atoms with Crippen molar-refractivity contribution in [3.05, 3.63) is 71.4 Å². The molecule has 0 radical (unpaired) electrons. The van der Waals surface area contributed by atoms with Crippen molar-refractivity contribution in [2.24, 2.45) is 0 Å². The molecule has 26 heavy (non-hydrogen) atoms. The van der Waals surface area contributed by atoms with Gasteiger partial charge in [0.2, 0.25) is 5.91 Å². The van der Waals surface area contributed by atoms with Crippen LogP contribution in [0.3, 0.4) is 0 Å². The van der Waals surface area contributed by atoms with Gasteiger partial charge in [0.1, 0.15) is 17.1 Å². The third-order valence-electron chi connectivity index (χ3n) is 3.88. The minimum atomic E-state index is -0.271. The molecule has 0 saturated carbocycles. The fraction of sp³-hybridized carbons (Fsp3) is 0.111. The monoisotopic (exact) mass is 366 g/mol. The maximum atomic E-state index is 12.3. The van der Waals surface area contributed by atoms with Crippen molar-refractivity contribution in [3.8, 4) is 0 Å². The minimum absolute atomic E-state index is 0.0301. The van der Waals surface area contributed by atoms with Gasteiger partial charge in [-0.3, -0.25) is 9.48 Å². The number of nitrogens with one attached hydrogen (secondary N) is 1. The Kier molecular flexibility index (Phi) is 4.37. The van der Waals surface area contributed by atoms with E-state index < -0.39 is 0 Å². The highest BCUT2D eigenvalue weighted by molar-refractivity contribution is 6.33. The van der Waals surface area contributed by atoms with Gasteiger partial charge in [-0.2, -0.15) is 5.10 Å². The van der Waals surface area contributed by atoms with Gasteiger partial charge >= 0.3 is 0 Å². The summed E-state index contributed by atoms with van der Waals surface area (Å²) < 4.78 is 3.23. The number of benzene rings is 2. The van der Waals surface area contributed by atoms with E-state index in [1.165, 1.54) is 0 Å². The van der Waals surface area contributed by atoms with Crippen molar-refractivity contribution < 1.29 is 4.79 Å². The average Bonchev–Trinajstić information content (AvgIpc) is 3.20. The molecule has 4 aromatic rings. The molecule has 0 saturated heterocycles. The summed E-state index contributed by atoms with van der Waals surface area (Å²) >= 11 is 6.20. The van der Waals surface area contributed by atoms with E-state index in [4.69, 9.17) is 11.6 Å². The Labute approximate surface area is 154 Å². The fourth-order valence-electron chi connectivity index (χ4n) is 2.67. The highest BCUT2D eigenvalue weighted by Gasteiger charge is 2.13. The Morgan fingerprint density at radius 1 is 1.08 bits per heavy atom. The van der Waals surface area contributed by atoms with Crippen LogP contribution < -0.4 is 5.32 Å². The first-order valence-electron chi connectivity index (χ1n) is 8.04. The summed E-state index contributed by atoms with van der Waals surface area (Å²) in [6.45, 7) is 0.604. The van der Waals surface area contributed by atoms with Gasteiger partial charge in [0.25, 0.3) is 0 Å². The maximum absolute atomic E-state index is 12.3. The number of halogens is 1. The lowest BCUT2D eigenvalue weighted by Gasteiger charge is -2.04. The standard InChI is InChI=1S/C18H15ClN6O/c19-14-11-24(10-13-6-2-1-3-7-13)22-18(14)20-17(26)12-25-16-9-5-4-8-15(16)21-23-25/h1-9,11H,10,12H2,(H,20,22,26). The van der Waals surface area contributed by atoms with Gasteiger partial charge in [-0.15, -0.1) is 5.10 Å². The molecular formula is C18H15ClN6O. The van der Waals surface area contributed by atoms with E-state index in [1.807, 2.05) is 54.6 Å². The number of carbonyl (C=O) groups is 1. The molecule has 2 aromatic carbocycles. The third kappa shape index (κ3) is 3.43. The first kappa shape index (κ1) is 16.3. The Hall–Kier alpha value is -3.19. The number of aromatic nitrogens is 5. The topological polar surface area (TPSA) is 77.6 Å². The Balaban J connectivity index is 1.46. The summed E-state index contributed by atoms with van der Waals surface area (Å²) in [7, 11) is 0. The number of amides is 1. The van der Waals surface area contributed by atoms with Crippen LogP contribution in [-0.4, -0.2) is 30.7 Å². The molecule has 4 rings (SSSR count).